The summed E-state index contributed by atoms with van der Waals surface area (Å²) in [6.45, 7) is 3.92. The van der Waals surface area contributed by atoms with E-state index in [2.05, 4.69) is 34.9 Å². The highest BCUT2D eigenvalue weighted by Crippen LogP contribution is 2.44. The van der Waals surface area contributed by atoms with Crippen LogP contribution in [0.2, 0.25) is 0 Å². The highest BCUT2D eigenvalue weighted by molar-refractivity contribution is 5.83. The number of rotatable bonds is 11. The number of carboxylic acid groups (broad SMARTS) is 1. The van der Waals surface area contributed by atoms with Crippen LogP contribution in [0.3, 0.4) is 0 Å². The Hall–Kier alpha value is -3.39. The minimum atomic E-state index is -1.30. The number of nitrogens with one attached hydrogen (secondary N) is 2. The van der Waals surface area contributed by atoms with Gasteiger partial charge in [-0.25, -0.2) is 9.59 Å². The van der Waals surface area contributed by atoms with Gasteiger partial charge < -0.3 is 25.6 Å². The molecule has 0 saturated carbocycles. The lowest BCUT2D eigenvalue weighted by Gasteiger charge is -2.24. The van der Waals surface area contributed by atoms with Gasteiger partial charge in [-0.3, -0.25) is 4.79 Å². The van der Waals surface area contributed by atoms with Crippen molar-refractivity contribution in [2.75, 3.05) is 19.8 Å². The Labute approximate surface area is 199 Å². The highest BCUT2D eigenvalue weighted by atomic mass is 16.5. The Bertz CT molecular complexity index is 990. The first-order chi connectivity index (χ1) is 16.2. The quantitative estimate of drug-likeness (QED) is 0.401. The second-order valence-electron chi connectivity index (χ2n) is 9.31. The number of fused-ring (bicyclic) bond motifs is 3. The van der Waals surface area contributed by atoms with E-state index in [0.29, 0.717) is 19.4 Å². The van der Waals surface area contributed by atoms with Gasteiger partial charge in [-0.05, 0) is 40.5 Å². The van der Waals surface area contributed by atoms with Gasteiger partial charge in [-0.2, -0.15) is 0 Å². The third kappa shape index (κ3) is 6.35. The first kappa shape index (κ1) is 25.2. The van der Waals surface area contributed by atoms with Crippen molar-refractivity contribution in [2.45, 2.75) is 45.1 Å². The van der Waals surface area contributed by atoms with Gasteiger partial charge in [-0.15, -0.1) is 0 Å². The van der Waals surface area contributed by atoms with E-state index in [1.165, 1.54) is 11.1 Å². The molecule has 3 rings (SSSR count). The number of hydrogen-bond donors (Lipinski definition) is 4. The first-order valence-electron chi connectivity index (χ1n) is 11.4. The minimum Gasteiger partial charge on any atom is -0.480 e. The molecule has 2 aromatic carbocycles. The summed E-state index contributed by atoms with van der Waals surface area (Å²) in [6, 6.07) is 15.0. The molecule has 0 saturated heterocycles. The second kappa shape index (κ2) is 11.2. The van der Waals surface area contributed by atoms with E-state index in [1.54, 1.807) is 0 Å². The number of aliphatic hydroxyl groups excluding tert-OH is 1. The van der Waals surface area contributed by atoms with Crippen molar-refractivity contribution in [3.63, 3.8) is 0 Å². The zero-order valence-corrected chi connectivity index (χ0v) is 19.5. The summed E-state index contributed by atoms with van der Waals surface area (Å²) in [5.41, 5.74) is 4.40. The molecule has 0 spiro atoms. The number of ether oxygens (including phenoxy) is 1. The molecular weight excluding hydrogens is 436 g/mol. The molecule has 8 heteroatoms. The van der Waals surface area contributed by atoms with E-state index in [1.807, 2.05) is 38.1 Å². The monoisotopic (exact) mass is 468 g/mol. The molecule has 1 aliphatic rings. The Morgan fingerprint density at radius 1 is 1.00 bits per heavy atom. The van der Waals surface area contributed by atoms with E-state index in [4.69, 9.17) is 14.9 Å². The Kier molecular flexibility index (Phi) is 8.28. The van der Waals surface area contributed by atoms with Gasteiger partial charge in [0.15, 0.2) is 0 Å². The van der Waals surface area contributed by atoms with Crippen molar-refractivity contribution < 1.29 is 29.3 Å². The molecule has 1 atom stereocenters. The van der Waals surface area contributed by atoms with E-state index in [9.17, 15) is 14.4 Å². The molecule has 2 aromatic rings. The molecule has 4 N–H and O–H groups in total. The molecule has 0 radical (unpaired) electrons. The fourth-order valence-electron chi connectivity index (χ4n) is 4.18. The molecule has 2 amide bonds. The summed E-state index contributed by atoms with van der Waals surface area (Å²) < 4.78 is 5.54. The number of carboxylic acids is 1. The maximum atomic E-state index is 12.3. The van der Waals surface area contributed by atoms with Crippen LogP contribution in [0.5, 0.6) is 0 Å². The Morgan fingerprint density at radius 3 is 2.15 bits per heavy atom. The number of amides is 2. The summed E-state index contributed by atoms with van der Waals surface area (Å²) in [6.07, 6.45) is 0.764. The standard InChI is InChI=1S/C26H32N2O6/c1-26(2,12-11-23(30)28-22(15-29)24(31)32)13-14-27-25(33)34-16-21-19-9-5-3-7-17(19)18-8-4-6-10-20(18)21/h3-10,21-22,29H,11-16H2,1-2H3,(H,27,33)(H,28,30)(H,31,32)/t22-/m1/s1. The van der Waals surface area contributed by atoms with E-state index >= 15 is 0 Å². The van der Waals surface area contributed by atoms with Gasteiger partial charge in [-0.1, -0.05) is 62.4 Å². The smallest absolute Gasteiger partial charge is 0.407 e. The number of benzene rings is 2. The fourth-order valence-corrected chi connectivity index (χ4v) is 4.18. The van der Waals surface area contributed by atoms with Crippen LogP contribution in [0, 0.1) is 5.41 Å². The van der Waals surface area contributed by atoms with Crippen molar-refractivity contribution in [3.8, 4) is 11.1 Å². The largest absolute Gasteiger partial charge is 0.480 e. The van der Waals surface area contributed by atoms with Crippen LogP contribution in [0.25, 0.3) is 11.1 Å². The number of carbonyl (C=O) groups excluding carboxylic acids is 2. The molecule has 182 valence electrons. The van der Waals surface area contributed by atoms with Gasteiger partial charge in [0.25, 0.3) is 0 Å². The lowest BCUT2D eigenvalue weighted by molar-refractivity contribution is -0.143. The van der Waals surface area contributed by atoms with Crippen LogP contribution < -0.4 is 10.6 Å². The molecule has 8 nitrogen and oxygen atoms in total. The van der Waals surface area contributed by atoms with Gasteiger partial charge >= 0.3 is 12.1 Å². The zero-order valence-electron chi connectivity index (χ0n) is 19.5. The summed E-state index contributed by atoms with van der Waals surface area (Å²) in [4.78, 5) is 35.2. The molecule has 34 heavy (non-hydrogen) atoms. The van der Waals surface area contributed by atoms with Crippen LogP contribution in [-0.4, -0.2) is 54.0 Å². The van der Waals surface area contributed by atoms with Gasteiger partial charge in [0.2, 0.25) is 5.91 Å². The Morgan fingerprint density at radius 2 is 1.59 bits per heavy atom. The summed E-state index contributed by atoms with van der Waals surface area (Å²) >= 11 is 0. The normalized spacial score (nSPS) is 13.5. The average Bonchev–Trinajstić information content (AvgIpc) is 3.13. The highest BCUT2D eigenvalue weighted by Gasteiger charge is 2.29. The molecule has 0 bridgehead atoms. The number of carbonyl (C=O) groups is 3. The van der Waals surface area contributed by atoms with Crippen LogP contribution >= 0.6 is 0 Å². The SMILES string of the molecule is CC(C)(CCNC(=O)OCC1c2ccccc2-c2ccccc21)CCC(=O)N[C@H](CO)C(=O)O. The van der Waals surface area contributed by atoms with Crippen LogP contribution in [0.4, 0.5) is 4.79 Å². The number of hydrogen-bond acceptors (Lipinski definition) is 5. The van der Waals surface area contributed by atoms with Gasteiger partial charge in [0.05, 0.1) is 6.61 Å². The van der Waals surface area contributed by atoms with Crippen molar-refractivity contribution in [2.24, 2.45) is 5.41 Å². The minimum absolute atomic E-state index is 0.00153. The lowest BCUT2D eigenvalue weighted by atomic mass is 9.84. The fraction of sp³-hybridized carbons (Fsp3) is 0.423. The topological polar surface area (TPSA) is 125 Å². The van der Waals surface area contributed by atoms with Gasteiger partial charge in [0.1, 0.15) is 12.6 Å². The summed E-state index contributed by atoms with van der Waals surface area (Å²) in [7, 11) is 0. The third-order valence-electron chi connectivity index (χ3n) is 6.26. The maximum absolute atomic E-state index is 12.3. The van der Waals surface area contributed by atoms with E-state index < -0.39 is 30.6 Å². The first-order valence-corrected chi connectivity index (χ1v) is 11.4. The van der Waals surface area contributed by atoms with Gasteiger partial charge in [0, 0.05) is 18.9 Å². The van der Waals surface area contributed by atoms with Crippen molar-refractivity contribution in [3.05, 3.63) is 59.7 Å². The van der Waals surface area contributed by atoms with Crippen molar-refractivity contribution in [1.29, 1.82) is 0 Å². The van der Waals surface area contributed by atoms with Crippen molar-refractivity contribution >= 4 is 18.0 Å². The molecule has 0 aromatic heterocycles. The molecular formula is C26H32N2O6. The second-order valence-corrected chi connectivity index (χ2v) is 9.31. The zero-order chi connectivity index (χ0) is 24.7. The molecule has 0 unspecified atom stereocenters. The van der Waals surface area contributed by atoms with Crippen LogP contribution in [0.15, 0.2) is 48.5 Å². The summed E-state index contributed by atoms with van der Waals surface area (Å²) in [5.74, 6) is -1.71. The number of aliphatic hydroxyl groups is 1. The predicted octanol–water partition coefficient (Wildman–Crippen LogP) is 3.28. The number of alkyl carbamates (subject to hydrolysis) is 1. The van der Waals surface area contributed by atoms with E-state index in [0.717, 1.165) is 11.1 Å². The average molecular weight is 469 g/mol. The van der Waals surface area contributed by atoms with E-state index in [-0.39, 0.29) is 24.4 Å². The number of aliphatic carboxylic acids is 1. The molecule has 0 aliphatic heterocycles. The van der Waals surface area contributed by atoms with Crippen molar-refractivity contribution in [1.82, 2.24) is 10.6 Å². The lowest BCUT2D eigenvalue weighted by Crippen LogP contribution is -2.43. The van der Waals surface area contributed by atoms with Crippen LogP contribution in [0.1, 0.15) is 50.2 Å². The predicted molar refractivity (Wildman–Crippen MR) is 127 cm³/mol. The van der Waals surface area contributed by atoms with Crippen LogP contribution in [-0.2, 0) is 14.3 Å². The maximum Gasteiger partial charge on any atom is 0.407 e. The summed E-state index contributed by atoms with van der Waals surface area (Å²) in [5, 5.41) is 23.0. The third-order valence-corrected chi connectivity index (χ3v) is 6.26. The Balaban J connectivity index is 1.42. The molecule has 1 aliphatic carbocycles. The molecule has 0 fully saturated rings. The molecule has 0 heterocycles.